The van der Waals surface area contributed by atoms with Crippen LogP contribution >= 0.6 is 0 Å². The molecule has 0 fully saturated rings. The van der Waals surface area contributed by atoms with Gasteiger partial charge in [0.05, 0.1) is 5.97 Å². The van der Waals surface area contributed by atoms with E-state index in [2.05, 4.69) is 0 Å². The van der Waals surface area contributed by atoms with Crippen LogP contribution < -0.4 is 34.7 Å². The Morgan fingerprint density at radius 3 is 1.77 bits per heavy atom. The van der Waals surface area contributed by atoms with Gasteiger partial charge in [0.1, 0.15) is 5.78 Å². The fraction of sp³-hybridized carbons (Fsp3) is 0.571. The summed E-state index contributed by atoms with van der Waals surface area (Å²) in [5.74, 6) is -3.53. The molecule has 0 bridgehead atoms. The number of carbonyl (C=O) groups excluding carboxylic acids is 3. The summed E-state index contributed by atoms with van der Waals surface area (Å²) >= 11 is 0. The summed E-state index contributed by atoms with van der Waals surface area (Å²) in [6.07, 6.45) is -0.745. The summed E-state index contributed by atoms with van der Waals surface area (Å²) in [6, 6.07) is 0. The van der Waals surface area contributed by atoms with Gasteiger partial charge in [0.2, 0.25) is 0 Å². The first-order valence-corrected chi connectivity index (χ1v) is 3.25. The number of hydrogen-bond donors (Lipinski definition) is 1. The minimum absolute atomic E-state index is 0. The zero-order valence-electron chi connectivity index (χ0n) is 7.79. The van der Waals surface area contributed by atoms with E-state index in [0.29, 0.717) is 0 Å². The average Bonchev–Trinajstić information content (AvgIpc) is 1.84. The third-order valence-electron chi connectivity index (χ3n) is 1.42. The zero-order valence-corrected chi connectivity index (χ0v) is 9.79. The van der Waals surface area contributed by atoms with Crippen molar-refractivity contribution >= 4 is 17.5 Å². The van der Waals surface area contributed by atoms with Crippen LogP contribution in [0.4, 0.5) is 0 Å². The summed E-state index contributed by atoms with van der Waals surface area (Å²) in [7, 11) is 0. The molecule has 68 valence electrons. The van der Waals surface area contributed by atoms with Crippen molar-refractivity contribution in [3.05, 3.63) is 0 Å². The molecule has 0 aromatic carbocycles. The van der Waals surface area contributed by atoms with Crippen LogP contribution in [0.2, 0.25) is 0 Å². The maximum absolute atomic E-state index is 10.6. The van der Waals surface area contributed by atoms with E-state index in [9.17, 15) is 19.5 Å². The Balaban J connectivity index is 0. The van der Waals surface area contributed by atoms with Gasteiger partial charge in [0.15, 0.2) is 11.4 Å². The molecule has 0 rings (SSSR count). The molecule has 0 saturated heterocycles. The van der Waals surface area contributed by atoms with Crippen molar-refractivity contribution in [2.45, 2.75) is 25.9 Å². The number of hydrogen-bond acceptors (Lipinski definition) is 5. The number of carbonyl (C=O) groups is 3. The van der Waals surface area contributed by atoms with Crippen LogP contribution in [-0.4, -0.2) is 28.2 Å². The van der Waals surface area contributed by atoms with Crippen molar-refractivity contribution in [3.8, 4) is 0 Å². The number of aliphatic carboxylic acids is 1. The molecule has 0 heterocycles. The van der Waals surface area contributed by atoms with E-state index >= 15 is 0 Å². The molecule has 0 radical (unpaired) electrons. The van der Waals surface area contributed by atoms with Crippen molar-refractivity contribution in [1.82, 2.24) is 0 Å². The molecular weight excluding hydrogens is 187 g/mol. The van der Waals surface area contributed by atoms with E-state index in [-0.39, 0.29) is 29.6 Å². The van der Waals surface area contributed by atoms with E-state index in [1.54, 1.807) is 0 Å². The molecular formula is C7H9NaO5. The standard InChI is InChI=1S/C7H10O5.Na/c1-4(8)3-7(12,5(2)9)6(10)11;/h12H,3H2,1-2H3,(H,10,11);/q;+1/p-1. The van der Waals surface area contributed by atoms with Gasteiger partial charge < -0.3 is 15.0 Å². The molecule has 0 aromatic rings. The van der Waals surface area contributed by atoms with Crippen LogP contribution in [0.3, 0.4) is 0 Å². The van der Waals surface area contributed by atoms with Gasteiger partial charge >= 0.3 is 29.6 Å². The van der Waals surface area contributed by atoms with Gasteiger partial charge in [0, 0.05) is 6.42 Å². The summed E-state index contributed by atoms with van der Waals surface area (Å²) in [6.45, 7) is 1.97. The van der Waals surface area contributed by atoms with Crippen LogP contribution in [0.25, 0.3) is 0 Å². The van der Waals surface area contributed by atoms with Gasteiger partial charge in [-0.15, -0.1) is 0 Å². The monoisotopic (exact) mass is 196 g/mol. The van der Waals surface area contributed by atoms with Gasteiger partial charge in [-0.2, -0.15) is 0 Å². The number of Topliss-reactive ketones (excluding diaryl/α,β-unsaturated/α-hetero) is 2. The Morgan fingerprint density at radius 1 is 1.31 bits per heavy atom. The Kier molecular flexibility index (Phi) is 6.44. The molecule has 0 aliphatic carbocycles. The Labute approximate surface area is 97.4 Å². The van der Waals surface area contributed by atoms with Gasteiger partial charge in [-0.25, -0.2) is 0 Å². The van der Waals surface area contributed by atoms with Crippen molar-refractivity contribution in [3.63, 3.8) is 0 Å². The van der Waals surface area contributed by atoms with Crippen LogP contribution in [0.1, 0.15) is 20.3 Å². The minimum Gasteiger partial charge on any atom is -0.546 e. The van der Waals surface area contributed by atoms with E-state index in [1.807, 2.05) is 0 Å². The quantitative estimate of drug-likeness (QED) is 0.359. The number of ketones is 2. The largest absolute Gasteiger partial charge is 1.00 e. The summed E-state index contributed by atoms with van der Waals surface area (Å²) in [5, 5.41) is 19.4. The molecule has 0 aliphatic rings. The second kappa shape index (κ2) is 5.49. The number of aliphatic hydroxyl groups is 1. The van der Waals surface area contributed by atoms with Crippen LogP contribution in [0.15, 0.2) is 0 Å². The summed E-state index contributed by atoms with van der Waals surface area (Å²) in [5.41, 5.74) is -2.66. The van der Waals surface area contributed by atoms with E-state index in [1.165, 1.54) is 0 Å². The number of rotatable bonds is 4. The van der Waals surface area contributed by atoms with E-state index in [4.69, 9.17) is 5.11 Å². The van der Waals surface area contributed by atoms with E-state index < -0.39 is 29.6 Å². The topological polar surface area (TPSA) is 94.5 Å². The van der Waals surface area contributed by atoms with Crippen molar-refractivity contribution < 1.29 is 54.2 Å². The normalized spacial score (nSPS) is 13.8. The molecule has 5 nitrogen and oxygen atoms in total. The molecule has 1 unspecified atom stereocenters. The van der Waals surface area contributed by atoms with Gasteiger partial charge in [-0.3, -0.25) is 9.59 Å². The molecule has 0 aliphatic heterocycles. The number of carboxylic acids is 1. The predicted octanol–water partition coefficient (Wildman–Crippen LogP) is -4.96. The smallest absolute Gasteiger partial charge is 0.546 e. The third kappa shape index (κ3) is 3.99. The Hall–Kier alpha value is -0.230. The fourth-order valence-electron chi connectivity index (χ4n) is 0.701. The van der Waals surface area contributed by atoms with Crippen LogP contribution in [0.5, 0.6) is 0 Å². The summed E-state index contributed by atoms with van der Waals surface area (Å²) in [4.78, 5) is 31.3. The Morgan fingerprint density at radius 2 is 1.69 bits per heavy atom. The van der Waals surface area contributed by atoms with E-state index in [0.717, 1.165) is 13.8 Å². The molecule has 1 atom stereocenters. The second-order valence-corrected chi connectivity index (χ2v) is 2.58. The first kappa shape index (κ1) is 15.3. The van der Waals surface area contributed by atoms with Crippen LogP contribution in [0, 0.1) is 0 Å². The fourth-order valence-corrected chi connectivity index (χ4v) is 0.701. The first-order chi connectivity index (χ1) is 5.30. The third-order valence-corrected chi connectivity index (χ3v) is 1.42. The molecule has 0 spiro atoms. The maximum Gasteiger partial charge on any atom is 1.00 e. The van der Waals surface area contributed by atoms with Crippen molar-refractivity contribution in [2.24, 2.45) is 0 Å². The second-order valence-electron chi connectivity index (χ2n) is 2.58. The molecule has 6 heteroatoms. The Bertz CT molecular complexity index is 221. The number of carboxylic acid groups (broad SMARTS) is 1. The molecule has 0 saturated carbocycles. The van der Waals surface area contributed by atoms with Crippen LogP contribution in [-0.2, 0) is 14.4 Å². The predicted molar refractivity (Wildman–Crippen MR) is 35.9 cm³/mol. The van der Waals surface area contributed by atoms with Gasteiger partial charge in [0.25, 0.3) is 0 Å². The minimum atomic E-state index is -2.66. The summed E-state index contributed by atoms with van der Waals surface area (Å²) < 4.78 is 0. The van der Waals surface area contributed by atoms with Gasteiger partial charge in [-0.05, 0) is 13.8 Å². The SMILES string of the molecule is CC(=O)CC(O)(C(C)=O)C(=O)[O-].[Na+]. The average molecular weight is 196 g/mol. The molecule has 1 N–H and O–H groups in total. The zero-order chi connectivity index (χ0) is 9.94. The molecule has 0 aromatic heterocycles. The molecule has 0 amide bonds. The maximum atomic E-state index is 10.6. The van der Waals surface area contributed by atoms with Gasteiger partial charge in [-0.1, -0.05) is 0 Å². The van der Waals surface area contributed by atoms with Crippen molar-refractivity contribution in [1.29, 1.82) is 0 Å². The molecule has 13 heavy (non-hydrogen) atoms. The van der Waals surface area contributed by atoms with Crippen molar-refractivity contribution in [2.75, 3.05) is 0 Å². The first-order valence-electron chi connectivity index (χ1n) is 3.25.